The van der Waals surface area contributed by atoms with Gasteiger partial charge in [0.25, 0.3) is 5.91 Å². The topological polar surface area (TPSA) is 62.5 Å². The number of nitrogens with one attached hydrogen (secondary N) is 1. The minimum absolute atomic E-state index is 0.105. The predicted molar refractivity (Wildman–Crippen MR) is 91.1 cm³/mol. The SMILES string of the molecule is Cc1oc2ccc(O)cc2c1C(=O)Nc1ccc(C(C)C)cc1. The Hall–Kier alpha value is -2.75. The molecular weight excluding hydrogens is 290 g/mol. The smallest absolute Gasteiger partial charge is 0.259 e. The van der Waals surface area contributed by atoms with Gasteiger partial charge in [-0.25, -0.2) is 0 Å². The molecule has 2 N–H and O–H groups in total. The molecule has 0 saturated heterocycles. The molecule has 0 aliphatic heterocycles. The van der Waals surface area contributed by atoms with Crippen molar-refractivity contribution < 1.29 is 14.3 Å². The van der Waals surface area contributed by atoms with Gasteiger partial charge in [0, 0.05) is 11.1 Å². The molecule has 0 bridgehead atoms. The summed E-state index contributed by atoms with van der Waals surface area (Å²) in [4.78, 5) is 12.6. The van der Waals surface area contributed by atoms with Crippen molar-refractivity contribution in [3.63, 3.8) is 0 Å². The maximum absolute atomic E-state index is 12.6. The van der Waals surface area contributed by atoms with Gasteiger partial charge in [-0.3, -0.25) is 4.79 Å². The molecule has 1 heterocycles. The number of benzene rings is 2. The van der Waals surface area contributed by atoms with Gasteiger partial charge in [-0.1, -0.05) is 26.0 Å². The van der Waals surface area contributed by atoms with E-state index in [1.54, 1.807) is 19.1 Å². The Balaban J connectivity index is 1.91. The quantitative estimate of drug-likeness (QED) is 0.729. The first-order valence-electron chi connectivity index (χ1n) is 7.59. The van der Waals surface area contributed by atoms with Crippen LogP contribution in [-0.2, 0) is 0 Å². The summed E-state index contributed by atoms with van der Waals surface area (Å²) in [6, 6.07) is 12.5. The first-order chi connectivity index (χ1) is 11.0. The molecule has 0 fully saturated rings. The minimum atomic E-state index is -0.246. The van der Waals surface area contributed by atoms with Gasteiger partial charge in [-0.2, -0.15) is 0 Å². The van der Waals surface area contributed by atoms with E-state index in [1.165, 1.54) is 11.6 Å². The number of furan rings is 1. The van der Waals surface area contributed by atoms with Crippen LogP contribution in [0.1, 0.15) is 41.4 Å². The van der Waals surface area contributed by atoms with Gasteiger partial charge in [-0.05, 0) is 48.7 Å². The summed E-state index contributed by atoms with van der Waals surface area (Å²) < 4.78 is 5.59. The summed E-state index contributed by atoms with van der Waals surface area (Å²) in [5.74, 6) is 0.836. The van der Waals surface area contributed by atoms with Gasteiger partial charge in [0.05, 0.1) is 5.56 Å². The lowest BCUT2D eigenvalue weighted by molar-refractivity contribution is 0.102. The normalized spacial score (nSPS) is 11.1. The highest BCUT2D eigenvalue weighted by atomic mass is 16.3. The molecular formula is C19H19NO3. The number of hydrogen-bond donors (Lipinski definition) is 2. The van der Waals surface area contributed by atoms with Gasteiger partial charge >= 0.3 is 0 Å². The van der Waals surface area contributed by atoms with Crippen molar-refractivity contribution in [3.05, 3.63) is 59.4 Å². The molecule has 3 rings (SSSR count). The molecule has 118 valence electrons. The van der Waals surface area contributed by atoms with E-state index in [1.807, 2.05) is 24.3 Å². The van der Waals surface area contributed by atoms with E-state index in [0.29, 0.717) is 28.2 Å². The van der Waals surface area contributed by atoms with Crippen LogP contribution >= 0.6 is 0 Å². The molecule has 1 aromatic heterocycles. The molecule has 1 amide bonds. The second-order valence-corrected chi connectivity index (χ2v) is 5.94. The molecule has 3 aromatic rings. The van der Waals surface area contributed by atoms with Gasteiger partial charge < -0.3 is 14.8 Å². The molecule has 0 radical (unpaired) electrons. The lowest BCUT2D eigenvalue weighted by atomic mass is 10.0. The van der Waals surface area contributed by atoms with Crippen LogP contribution in [-0.4, -0.2) is 11.0 Å². The Labute approximate surface area is 134 Å². The number of phenols is 1. The fourth-order valence-corrected chi connectivity index (χ4v) is 2.64. The molecule has 0 unspecified atom stereocenters. The number of anilines is 1. The minimum Gasteiger partial charge on any atom is -0.508 e. The lowest BCUT2D eigenvalue weighted by Gasteiger charge is -2.08. The van der Waals surface area contributed by atoms with E-state index >= 15 is 0 Å². The van der Waals surface area contributed by atoms with Crippen LogP contribution in [0.2, 0.25) is 0 Å². The second-order valence-electron chi connectivity index (χ2n) is 5.94. The highest BCUT2D eigenvalue weighted by Crippen LogP contribution is 2.29. The Kier molecular flexibility index (Phi) is 3.82. The van der Waals surface area contributed by atoms with Crippen molar-refractivity contribution >= 4 is 22.6 Å². The van der Waals surface area contributed by atoms with Crippen LogP contribution in [0.5, 0.6) is 5.75 Å². The highest BCUT2D eigenvalue weighted by molar-refractivity contribution is 6.13. The van der Waals surface area contributed by atoms with Gasteiger partial charge in [0.2, 0.25) is 0 Å². The second kappa shape index (κ2) is 5.80. The molecule has 4 nitrogen and oxygen atoms in total. The third kappa shape index (κ3) is 2.93. The number of phenolic OH excluding ortho intramolecular Hbond substituents is 1. The molecule has 0 aliphatic carbocycles. The first-order valence-corrected chi connectivity index (χ1v) is 7.59. The zero-order chi connectivity index (χ0) is 16.6. The fraction of sp³-hybridized carbons (Fsp3) is 0.211. The largest absolute Gasteiger partial charge is 0.508 e. The Morgan fingerprint density at radius 3 is 2.48 bits per heavy atom. The molecule has 23 heavy (non-hydrogen) atoms. The molecule has 0 spiro atoms. The molecule has 0 atom stereocenters. The summed E-state index contributed by atoms with van der Waals surface area (Å²) in [5.41, 5.74) is 2.98. The monoisotopic (exact) mass is 309 g/mol. The van der Waals surface area contributed by atoms with Crippen molar-refractivity contribution in [2.24, 2.45) is 0 Å². The Morgan fingerprint density at radius 1 is 1.13 bits per heavy atom. The average molecular weight is 309 g/mol. The summed E-state index contributed by atoms with van der Waals surface area (Å²) in [6.07, 6.45) is 0. The Morgan fingerprint density at radius 2 is 1.83 bits per heavy atom. The number of carbonyl (C=O) groups is 1. The fourth-order valence-electron chi connectivity index (χ4n) is 2.64. The third-order valence-electron chi connectivity index (χ3n) is 3.91. The third-order valence-corrected chi connectivity index (χ3v) is 3.91. The summed E-state index contributed by atoms with van der Waals surface area (Å²) in [7, 11) is 0. The highest BCUT2D eigenvalue weighted by Gasteiger charge is 2.18. The number of carbonyl (C=O) groups excluding carboxylic acids is 1. The van der Waals surface area contributed by atoms with Gasteiger partial charge in [0.1, 0.15) is 17.1 Å². The van der Waals surface area contributed by atoms with Gasteiger partial charge in [0.15, 0.2) is 0 Å². The number of rotatable bonds is 3. The van der Waals surface area contributed by atoms with Crippen molar-refractivity contribution in [2.45, 2.75) is 26.7 Å². The summed E-state index contributed by atoms with van der Waals surface area (Å²) in [5, 5.41) is 13.1. The van der Waals surface area contributed by atoms with E-state index in [9.17, 15) is 9.90 Å². The van der Waals surface area contributed by atoms with Crippen LogP contribution in [0.15, 0.2) is 46.9 Å². The van der Waals surface area contributed by atoms with Crippen molar-refractivity contribution in [1.29, 1.82) is 0 Å². The lowest BCUT2D eigenvalue weighted by Crippen LogP contribution is -2.12. The van der Waals surface area contributed by atoms with Crippen molar-refractivity contribution in [2.75, 3.05) is 5.32 Å². The average Bonchev–Trinajstić information content (AvgIpc) is 2.83. The molecule has 2 aromatic carbocycles. The van der Waals surface area contributed by atoms with Crippen LogP contribution in [0, 0.1) is 6.92 Å². The number of aromatic hydroxyl groups is 1. The zero-order valence-corrected chi connectivity index (χ0v) is 13.4. The first kappa shape index (κ1) is 15.2. The van der Waals surface area contributed by atoms with Gasteiger partial charge in [-0.15, -0.1) is 0 Å². The standard InChI is InChI=1S/C19H19NO3/c1-11(2)13-4-6-14(7-5-13)20-19(22)18-12(3)23-17-9-8-15(21)10-16(17)18/h4-11,21H,1-3H3,(H,20,22). The summed E-state index contributed by atoms with van der Waals surface area (Å²) in [6.45, 7) is 6.00. The van der Waals surface area contributed by atoms with Crippen molar-refractivity contribution in [3.8, 4) is 5.75 Å². The molecule has 4 heteroatoms. The van der Waals surface area contributed by atoms with Crippen LogP contribution in [0.4, 0.5) is 5.69 Å². The van der Waals surface area contributed by atoms with Crippen LogP contribution in [0.25, 0.3) is 11.0 Å². The van der Waals surface area contributed by atoms with Crippen LogP contribution in [0.3, 0.4) is 0 Å². The number of amides is 1. The maximum Gasteiger partial charge on any atom is 0.259 e. The maximum atomic E-state index is 12.6. The number of hydrogen-bond acceptors (Lipinski definition) is 3. The van der Waals surface area contributed by atoms with E-state index in [2.05, 4.69) is 19.2 Å². The summed E-state index contributed by atoms with van der Waals surface area (Å²) >= 11 is 0. The predicted octanol–water partition coefficient (Wildman–Crippen LogP) is 4.82. The van der Waals surface area contributed by atoms with E-state index in [4.69, 9.17) is 4.42 Å². The number of fused-ring (bicyclic) bond motifs is 1. The zero-order valence-electron chi connectivity index (χ0n) is 13.4. The van der Waals surface area contributed by atoms with E-state index in [-0.39, 0.29) is 11.7 Å². The molecule has 0 aliphatic rings. The number of aryl methyl sites for hydroxylation is 1. The van der Waals surface area contributed by atoms with E-state index in [0.717, 1.165) is 5.69 Å². The van der Waals surface area contributed by atoms with Crippen LogP contribution < -0.4 is 5.32 Å². The van der Waals surface area contributed by atoms with Crippen molar-refractivity contribution in [1.82, 2.24) is 0 Å². The van der Waals surface area contributed by atoms with E-state index < -0.39 is 0 Å². The molecule has 0 saturated carbocycles. The Bertz CT molecular complexity index is 860.